The Balaban J connectivity index is 0.00000364. The van der Waals surface area contributed by atoms with Gasteiger partial charge in [0.25, 0.3) is 0 Å². The molecule has 1 saturated heterocycles. The van der Waals surface area contributed by atoms with Crippen LogP contribution in [0.3, 0.4) is 0 Å². The summed E-state index contributed by atoms with van der Waals surface area (Å²) in [5.74, 6) is 0.286. The fourth-order valence-corrected chi connectivity index (χ4v) is 3.67. The van der Waals surface area contributed by atoms with Crippen molar-refractivity contribution in [3.8, 4) is 0 Å². The molecule has 0 radical (unpaired) electrons. The van der Waals surface area contributed by atoms with E-state index in [9.17, 15) is 9.18 Å². The van der Waals surface area contributed by atoms with Gasteiger partial charge in [0, 0.05) is 44.0 Å². The number of hydrogen-bond donors (Lipinski definition) is 2. The molecule has 3 N–H and O–H groups in total. The van der Waals surface area contributed by atoms with Crippen molar-refractivity contribution in [2.24, 2.45) is 11.7 Å². The highest BCUT2D eigenvalue weighted by molar-refractivity contribution is 5.85. The van der Waals surface area contributed by atoms with Gasteiger partial charge in [0.1, 0.15) is 5.82 Å². The van der Waals surface area contributed by atoms with Crippen molar-refractivity contribution in [3.63, 3.8) is 0 Å². The lowest BCUT2D eigenvalue weighted by Crippen LogP contribution is -2.59. The molecule has 0 bridgehead atoms. The van der Waals surface area contributed by atoms with Crippen molar-refractivity contribution >= 4 is 36.4 Å². The van der Waals surface area contributed by atoms with Crippen LogP contribution in [0.5, 0.6) is 0 Å². The van der Waals surface area contributed by atoms with Gasteiger partial charge in [-0.2, -0.15) is 0 Å². The molecule has 0 aromatic heterocycles. The van der Waals surface area contributed by atoms with Gasteiger partial charge in [0.2, 0.25) is 5.91 Å². The fourth-order valence-electron chi connectivity index (χ4n) is 3.67. The monoisotopic (exact) mass is 436 g/mol. The Kier molecular flexibility index (Phi) is 11.4. The standard InChI is InChI=1S/C20H33FN4O.2ClH/c1-15(2)13-20(4,14-22)23-19(26)16(3)24-9-11-25(12-10-24)18-7-5-17(21)6-8-18;;/h5-8,15-16H,9-14,22H2,1-4H3,(H,23,26);2*1H. The summed E-state index contributed by atoms with van der Waals surface area (Å²) in [7, 11) is 0. The Morgan fingerprint density at radius 2 is 1.68 bits per heavy atom. The van der Waals surface area contributed by atoms with Crippen LogP contribution in [0.4, 0.5) is 10.1 Å². The van der Waals surface area contributed by atoms with E-state index < -0.39 is 0 Å². The predicted octanol–water partition coefficient (Wildman–Crippen LogP) is 3.06. The van der Waals surface area contributed by atoms with Crippen molar-refractivity contribution in [3.05, 3.63) is 30.1 Å². The smallest absolute Gasteiger partial charge is 0.237 e. The van der Waals surface area contributed by atoms with E-state index in [1.165, 1.54) is 12.1 Å². The summed E-state index contributed by atoms with van der Waals surface area (Å²) in [6, 6.07) is 6.39. The zero-order chi connectivity index (χ0) is 19.3. The van der Waals surface area contributed by atoms with Gasteiger partial charge in [-0.1, -0.05) is 13.8 Å². The number of amides is 1. The summed E-state index contributed by atoms with van der Waals surface area (Å²) < 4.78 is 13.1. The molecule has 1 amide bonds. The Hall–Kier alpha value is -1.08. The highest BCUT2D eigenvalue weighted by Gasteiger charge is 2.31. The molecule has 0 aliphatic carbocycles. The van der Waals surface area contributed by atoms with E-state index in [1.807, 2.05) is 13.8 Å². The molecular weight excluding hydrogens is 402 g/mol. The molecule has 1 fully saturated rings. The van der Waals surface area contributed by atoms with E-state index in [0.29, 0.717) is 12.5 Å². The number of nitrogens with zero attached hydrogens (tertiary/aromatic N) is 2. The average Bonchev–Trinajstić information content (AvgIpc) is 2.61. The quantitative estimate of drug-likeness (QED) is 0.689. The number of rotatable bonds is 7. The van der Waals surface area contributed by atoms with Gasteiger partial charge in [0.05, 0.1) is 6.04 Å². The summed E-state index contributed by atoms with van der Waals surface area (Å²) >= 11 is 0. The number of halogens is 3. The molecule has 8 heteroatoms. The summed E-state index contributed by atoms with van der Waals surface area (Å²) in [6.07, 6.45) is 0.861. The minimum Gasteiger partial charge on any atom is -0.369 e. The number of hydrogen-bond acceptors (Lipinski definition) is 4. The average molecular weight is 437 g/mol. The third-order valence-corrected chi connectivity index (χ3v) is 5.17. The van der Waals surface area contributed by atoms with Crippen LogP contribution in [0.1, 0.15) is 34.1 Å². The number of nitrogens with two attached hydrogens (primary N) is 1. The van der Waals surface area contributed by atoms with Crippen LogP contribution in [0.2, 0.25) is 0 Å². The Labute approximate surface area is 181 Å². The Bertz CT molecular complexity index is 594. The van der Waals surface area contributed by atoms with Crippen LogP contribution < -0.4 is 16.0 Å². The molecule has 0 saturated carbocycles. The lowest BCUT2D eigenvalue weighted by molar-refractivity contribution is -0.127. The lowest BCUT2D eigenvalue weighted by atomic mass is 9.90. The molecule has 28 heavy (non-hydrogen) atoms. The van der Waals surface area contributed by atoms with Crippen LogP contribution in [0, 0.1) is 11.7 Å². The van der Waals surface area contributed by atoms with Gasteiger partial charge in [0.15, 0.2) is 0 Å². The number of nitrogens with one attached hydrogen (secondary N) is 1. The van der Waals surface area contributed by atoms with E-state index in [1.54, 1.807) is 12.1 Å². The summed E-state index contributed by atoms with van der Waals surface area (Å²) in [6.45, 7) is 11.9. The summed E-state index contributed by atoms with van der Waals surface area (Å²) in [5.41, 5.74) is 6.57. The van der Waals surface area contributed by atoms with Gasteiger partial charge in [-0.05, 0) is 50.5 Å². The normalized spacial score (nSPS) is 17.9. The predicted molar refractivity (Wildman–Crippen MR) is 119 cm³/mol. The van der Waals surface area contributed by atoms with Crippen molar-refractivity contribution in [2.45, 2.75) is 45.7 Å². The maximum Gasteiger partial charge on any atom is 0.237 e. The first-order valence-electron chi connectivity index (χ1n) is 9.51. The lowest BCUT2D eigenvalue weighted by Gasteiger charge is -2.40. The molecule has 1 aromatic rings. The van der Waals surface area contributed by atoms with Crippen LogP contribution in [0.15, 0.2) is 24.3 Å². The zero-order valence-electron chi connectivity index (χ0n) is 17.3. The van der Waals surface area contributed by atoms with Crippen LogP contribution in [0.25, 0.3) is 0 Å². The molecule has 1 aromatic carbocycles. The van der Waals surface area contributed by atoms with Gasteiger partial charge in [-0.25, -0.2) is 4.39 Å². The second-order valence-corrected chi connectivity index (χ2v) is 8.03. The first kappa shape index (κ1) is 26.9. The Morgan fingerprint density at radius 1 is 1.14 bits per heavy atom. The number of anilines is 1. The SMILES string of the molecule is CC(C)CC(C)(CN)NC(=O)C(C)N1CCN(c2ccc(F)cc2)CC1.Cl.Cl. The Morgan fingerprint density at radius 3 is 2.14 bits per heavy atom. The molecule has 2 atom stereocenters. The first-order chi connectivity index (χ1) is 12.2. The third kappa shape index (κ3) is 7.39. The highest BCUT2D eigenvalue weighted by atomic mass is 35.5. The van der Waals surface area contributed by atoms with E-state index in [4.69, 9.17) is 5.73 Å². The van der Waals surface area contributed by atoms with Crippen LogP contribution in [-0.2, 0) is 4.79 Å². The molecule has 162 valence electrons. The maximum atomic E-state index is 13.1. The highest BCUT2D eigenvalue weighted by Crippen LogP contribution is 2.19. The molecule has 1 heterocycles. The van der Waals surface area contributed by atoms with Crippen LogP contribution in [-0.4, -0.2) is 55.1 Å². The van der Waals surface area contributed by atoms with Gasteiger partial charge >= 0.3 is 0 Å². The van der Waals surface area contributed by atoms with Gasteiger partial charge < -0.3 is 16.0 Å². The van der Waals surface area contributed by atoms with Crippen molar-refractivity contribution in [1.29, 1.82) is 0 Å². The van der Waals surface area contributed by atoms with Crippen molar-refractivity contribution in [2.75, 3.05) is 37.6 Å². The van der Waals surface area contributed by atoms with E-state index in [-0.39, 0.29) is 48.1 Å². The second-order valence-electron chi connectivity index (χ2n) is 8.03. The topological polar surface area (TPSA) is 61.6 Å². The third-order valence-electron chi connectivity index (χ3n) is 5.17. The minimum absolute atomic E-state index is 0. The molecule has 2 rings (SSSR count). The molecular formula is C20H35Cl2FN4O. The van der Waals surface area contributed by atoms with Crippen LogP contribution >= 0.6 is 24.8 Å². The minimum atomic E-state index is -0.366. The summed E-state index contributed by atoms with van der Waals surface area (Å²) in [5, 5.41) is 3.16. The van der Waals surface area contributed by atoms with Crippen molar-refractivity contribution in [1.82, 2.24) is 10.2 Å². The van der Waals surface area contributed by atoms with E-state index in [2.05, 4.69) is 29.0 Å². The molecule has 0 spiro atoms. The number of carbonyl (C=O) groups excluding carboxylic acids is 1. The largest absolute Gasteiger partial charge is 0.369 e. The zero-order valence-corrected chi connectivity index (χ0v) is 18.9. The number of piperazine rings is 1. The van der Waals surface area contributed by atoms with Crippen molar-refractivity contribution < 1.29 is 9.18 Å². The molecule has 5 nitrogen and oxygen atoms in total. The van der Waals surface area contributed by atoms with E-state index in [0.717, 1.165) is 38.3 Å². The fraction of sp³-hybridized carbons (Fsp3) is 0.650. The molecule has 2 unspecified atom stereocenters. The van der Waals surface area contributed by atoms with Gasteiger partial charge in [-0.15, -0.1) is 24.8 Å². The first-order valence-corrected chi connectivity index (χ1v) is 9.51. The molecule has 1 aliphatic heterocycles. The van der Waals surface area contributed by atoms with E-state index >= 15 is 0 Å². The summed E-state index contributed by atoms with van der Waals surface area (Å²) in [4.78, 5) is 17.1. The van der Waals surface area contributed by atoms with Gasteiger partial charge in [-0.3, -0.25) is 9.69 Å². The maximum absolute atomic E-state index is 13.1. The molecule has 1 aliphatic rings. The number of carbonyl (C=O) groups is 1. The number of benzene rings is 1. The second kappa shape index (κ2) is 11.8.